The molecule has 0 aromatic heterocycles. The predicted molar refractivity (Wildman–Crippen MR) is 38.2 cm³/mol. The molecule has 0 amide bonds. The van der Waals surface area contributed by atoms with Gasteiger partial charge >= 0.3 is 0 Å². The average molecular weight is 130 g/mol. The van der Waals surface area contributed by atoms with E-state index in [2.05, 4.69) is 19.2 Å². The van der Waals surface area contributed by atoms with E-state index >= 15 is 0 Å². The van der Waals surface area contributed by atoms with Gasteiger partial charge in [-0.3, -0.25) is 4.79 Å². The first-order chi connectivity index (χ1) is 3.72. The third kappa shape index (κ3) is 2.17. The van der Waals surface area contributed by atoms with E-state index in [9.17, 15) is 4.79 Å². The molecule has 0 aromatic carbocycles. The van der Waals surface area contributed by atoms with Gasteiger partial charge in [0.25, 0.3) is 0 Å². The summed E-state index contributed by atoms with van der Waals surface area (Å²) in [5.74, 6) is 0.406. The molecule has 0 bridgehead atoms. The van der Waals surface area contributed by atoms with Crippen molar-refractivity contribution in [2.75, 3.05) is 5.75 Å². The Hall–Kier alpha value is -0.240. The molecular weight excluding hydrogens is 120 g/mol. The van der Waals surface area contributed by atoms with Gasteiger partial charge in [-0.2, -0.15) is 12.6 Å². The van der Waals surface area contributed by atoms with E-state index in [1.807, 2.05) is 6.92 Å². The molecule has 1 nitrogen and oxygen atoms in total. The van der Waals surface area contributed by atoms with E-state index in [1.54, 1.807) is 6.08 Å². The van der Waals surface area contributed by atoms with Gasteiger partial charge in [-0.1, -0.05) is 13.0 Å². The number of thiol groups is 1. The van der Waals surface area contributed by atoms with Crippen molar-refractivity contribution in [3.05, 3.63) is 12.7 Å². The Morgan fingerprint density at radius 3 is 2.62 bits per heavy atom. The van der Waals surface area contributed by atoms with Crippen LogP contribution in [0, 0.1) is 5.92 Å². The van der Waals surface area contributed by atoms with Gasteiger partial charge in [0.05, 0.1) is 0 Å². The highest BCUT2D eigenvalue weighted by molar-refractivity contribution is 7.81. The van der Waals surface area contributed by atoms with Crippen LogP contribution < -0.4 is 0 Å². The molecule has 1 unspecified atom stereocenters. The molecule has 0 aliphatic heterocycles. The second kappa shape index (κ2) is 3.72. The standard InChI is InChI=1S/C6H10OS/c1-3-5(2)6(7)4-8/h3,5,8H,1,4H2,2H3. The van der Waals surface area contributed by atoms with Gasteiger partial charge in [0.15, 0.2) is 0 Å². The summed E-state index contributed by atoms with van der Waals surface area (Å²) in [6.45, 7) is 5.29. The fourth-order valence-corrected chi connectivity index (χ4v) is 0.563. The zero-order chi connectivity index (χ0) is 6.57. The minimum absolute atomic E-state index is 0.0347. The van der Waals surface area contributed by atoms with Crippen LogP contribution in [0.5, 0.6) is 0 Å². The fourth-order valence-electron chi connectivity index (χ4n) is 0.275. The summed E-state index contributed by atoms with van der Waals surface area (Å²) in [4.78, 5) is 10.6. The molecule has 0 spiro atoms. The molecule has 1 atom stereocenters. The lowest BCUT2D eigenvalue weighted by atomic mass is 10.1. The van der Waals surface area contributed by atoms with Gasteiger partial charge in [-0.25, -0.2) is 0 Å². The molecule has 0 aliphatic carbocycles. The van der Waals surface area contributed by atoms with E-state index < -0.39 is 0 Å². The van der Waals surface area contributed by atoms with Crippen LogP contribution in [0.1, 0.15) is 6.92 Å². The van der Waals surface area contributed by atoms with Crippen molar-refractivity contribution in [1.82, 2.24) is 0 Å². The van der Waals surface area contributed by atoms with Crippen LogP contribution in [0.2, 0.25) is 0 Å². The molecule has 46 valence electrons. The van der Waals surface area contributed by atoms with Gasteiger partial charge in [0.2, 0.25) is 0 Å². The van der Waals surface area contributed by atoms with Crippen LogP contribution in [0.15, 0.2) is 12.7 Å². The summed E-state index contributed by atoms with van der Waals surface area (Å²) >= 11 is 3.81. The number of Topliss-reactive ketones (excluding diaryl/α,β-unsaturated/α-hetero) is 1. The van der Waals surface area contributed by atoms with Crippen molar-refractivity contribution in [3.8, 4) is 0 Å². The van der Waals surface area contributed by atoms with Crippen molar-refractivity contribution in [2.24, 2.45) is 5.92 Å². The van der Waals surface area contributed by atoms with Gasteiger partial charge in [0, 0.05) is 11.7 Å². The largest absolute Gasteiger partial charge is 0.298 e. The summed E-state index contributed by atoms with van der Waals surface area (Å²) in [5, 5.41) is 0. The van der Waals surface area contributed by atoms with Gasteiger partial charge in [0.1, 0.15) is 5.78 Å². The van der Waals surface area contributed by atoms with E-state index in [4.69, 9.17) is 0 Å². The Morgan fingerprint density at radius 1 is 2.00 bits per heavy atom. The molecule has 2 heteroatoms. The molecule has 0 saturated heterocycles. The van der Waals surface area contributed by atoms with Crippen LogP contribution >= 0.6 is 12.6 Å². The Bertz CT molecular complexity index is 98.7. The highest BCUT2D eigenvalue weighted by atomic mass is 32.1. The molecule has 0 radical (unpaired) electrons. The van der Waals surface area contributed by atoms with E-state index in [0.29, 0.717) is 5.75 Å². The van der Waals surface area contributed by atoms with E-state index in [-0.39, 0.29) is 11.7 Å². The van der Waals surface area contributed by atoms with Crippen molar-refractivity contribution in [1.29, 1.82) is 0 Å². The minimum Gasteiger partial charge on any atom is -0.298 e. The van der Waals surface area contributed by atoms with Crippen LogP contribution in [0.3, 0.4) is 0 Å². The average Bonchev–Trinajstić information content (AvgIpc) is 1.84. The third-order valence-electron chi connectivity index (χ3n) is 1.02. The SMILES string of the molecule is C=CC(C)C(=O)CS. The Kier molecular flexibility index (Phi) is 3.61. The maximum Gasteiger partial charge on any atom is 0.148 e. The summed E-state index contributed by atoms with van der Waals surface area (Å²) < 4.78 is 0. The molecule has 0 heterocycles. The zero-order valence-electron chi connectivity index (χ0n) is 4.92. The second-order valence-corrected chi connectivity index (χ2v) is 1.97. The lowest BCUT2D eigenvalue weighted by Gasteiger charge is -1.97. The van der Waals surface area contributed by atoms with Crippen LogP contribution in [-0.4, -0.2) is 11.5 Å². The van der Waals surface area contributed by atoms with Gasteiger partial charge in [-0.05, 0) is 0 Å². The molecule has 0 rings (SSSR count). The molecule has 0 aromatic rings. The first-order valence-corrected chi connectivity index (χ1v) is 3.11. The molecule has 0 aliphatic rings. The molecule has 0 saturated carbocycles. The second-order valence-electron chi connectivity index (χ2n) is 1.65. The smallest absolute Gasteiger partial charge is 0.148 e. The molecule has 8 heavy (non-hydrogen) atoms. The number of rotatable bonds is 3. The van der Waals surface area contributed by atoms with Crippen molar-refractivity contribution in [3.63, 3.8) is 0 Å². The van der Waals surface area contributed by atoms with Crippen LogP contribution in [0.4, 0.5) is 0 Å². The first kappa shape index (κ1) is 7.76. The first-order valence-electron chi connectivity index (χ1n) is 2.48. The third-order valence-corrected chi connectivity index (χ3v) is 1.33. The van der Waals surface area contributed by atoms with E-state index in [0.717, 1.165) is 0 Å². The van der Waals surface area contributed by atoms with Gasteiger partial charge < -0.3 is 0 Å². The lowest BCUT2D eigenvalue weighted by Crippen LogP contribution is -2.08. The lowest BCUT2D eigenvalue weighted by molar-refractivity contribution is -0.118. The minimum atomic E-state index is -0.0347. The fraction of sp³-hybridized carbons (Fsp3) is 0.500. The molecule has 0 N–H and O–H groups in total. The van der Waals surface area contributed by atoms with E-state index in [1.165, 1.54) is 0 Å². The summed E-state index contributed by atoms with van der Waals surface area (Å²) in [5.41, 5.74) is 0. The number of ketones is 1. The maximum absolute atomic E-state index is 10.6. The van der Waals surface area contributed by atoms with Crippen LogP contribution in [0.25, 0.3) is 0 Å². The maximum atomic E-state index is 10.6. The Labute approximate surface area is 55.2 Å². The number of carbonyl (C=O) groups is 1. The topological polar surface area (TPSA) is 17.1 Å². The Morgan fingerprint density at radius 2 is 2.50 bits per heavy atom. The normalized spacial score (nSPS) is 12.8. The summed E-state index contributed by atoms with van der Waals surface area (Å²) in [6, 6.07) is 0. The highest BCUT2D eigenvalue weighted by Crippen LogP contribution is 1.97. The zero-order valence-corrected chi connectivity index (χ0v) is 5.82. The van der Waals surface area contributed by atoms with Crippen LogP contribution in [-0.2, 0) is 4.79 Å². The van der Waals surface area contributed by atoms with Gasteiger partial charge in [-0.15, -0.1) is 6.58 Å². The summed E-state index contributed by atoms with van der Waals surface area (Å²) in [6.07, 6.45) is 1.62. The summed E-state index contributed by atoms with van der Waals surface area (Å²) in [7, 11) is 0. The van der Waals surface area contributed by atoms with Crippen molar-refractivity contribution in [2.45, 2.75) is 6.92 Å². The van der Waals surface area contributed by atoms with Crippen molar-refractivity contribution < 1.29 is 4.79 Å². The molecule has 0 fully saturated rings. The number of allylic oxidation sites excluding steroid dienone is 1. The quantitative estimate of drug-likeness (QED) is 0.450. The molecular formula is C6H10OS. The monoisotopic (exact) mass is 130 g/mol. The number of hydrogen-bond donors (Lipinski definition) is 1. The Balaban J connectivity index is 3.62. The highest BCUT2D eigenvalue weighted by Gasteiger charge is 2.03. The number of carbonyl (C=O) groups excluding carboxylic acids is 1. The van der Waals surface area contributed by atoms with Crippen molar-refractivity contribution >= 4 is 18.4 Å². The number of hydrogen-bond acceptors (Lipinski definition) is 2. The predicted octanol–water partition coefficient (Wildman–Crippen LogP) is 1.31.